The van der Waals surface area contributed by atoms with Gasteiger partial charge in [-0.05, 0) is 37.5 Å². The standard InChI is InChI=1S/C16H28N2O3/c1-4-15(3)8-11-17(12-9-15)14(21)18-10-6-7-16(18,5-2)13(19)20/h4-12H2,1-3H3,(H,19,20). The lowest BCUT2D eigenvalue weighted by Gasteiger charge is -2.43. The topological polar surface area (TPSA) is 60.9 Å². The van der Waals surface area contributed by atoms with Gasteiger partial charge in [-0.2, -0.15) is 0 Å². The zero-order chi connectivity index (χ0) is 15.7. The predicted molar refractivity (Wildman–Crippen MR) is 81.2 cm³/mol. The lowest BCUT2D eigenvalue weighted by atomic mass is 9.78. The molecule has 1 unspecified atom stereocenters. The Bertz CT molecular complexity index is 416. The van der Waals surface area contributed by atoms with Crippen molar-refractivity contribution in [3.63, 3.8) is 0 Å². The molecule has 2 amide bonds. The number of carbonyl (C=O) groups excluding carboxylic acids is 1. The van der Waals surface area contributed by atoms with E-state index in [0.29, 0.717) is 24.8 Å². The second kappa shape index (κ2) is 5.85. The van der Waals surface area contributed by atoms with E-state index in [4.69, 9.17) is 0 Å². The van der Waals surface area contributed by atoms with Crippen LogP contribution < -0.4 is 0 Å². The van der Waals surface area contributed by atoms with Crippen LogP contribution >= 0.6 is 0 Å². The highest BCUT2D eigenvalue weighted by Crippen LogP contribution is 2.37. The van der Waals surface area contributed by atoms with Crippen molar-refractivity contribution in [3.8, 4) is 0 Å². The Morgan fingerprint density at radius 2 is 1.67 bits per heavy atom. The molecule has 1 N–H and O–H groups in total. The minimum absolute atomic E-state index is 0.0742. The molecule has 0 aromatic rings. The second-order valence-corrected chi connectivity index (χ2v) is 6.88. The van der Waals surface area contributed by atoms with Crippen molar-refractivity contribution >= 4 is 12.0 Å². The zero-order valence-electron chi connectivity index (χ0n) is 13.5. The van der Waals surface area contributed by atoms with Gasteiger partial charge in [-0.25, -0.2) is 9.59 Å². The molecule has 0 aliphatic carbocycles. The molecular weight excluding hydrogens is 268 g/mol. The Morgan fingerprint density at radius 3 is 2.14 bits per heavy atom. The average Bonchev–Trinajstić information content (AvgIpc) is 2.92. The van der Waals surface area contributed by atoms with E-state index in [1.165, 1.54) is 0 Å². The van der Waals surface area contributed by atoms with Crippen LogP contribution in [0, 0.1) is 5.41 Å². The number of amides is 2. The number of hydrogen-bond acceptors (Lipinski definition) is 2. The van der Waals surface area contributed by atoms with Crippen molar-refractivity contribution in [2.24, 2.45) is 5.41 Å². The van der Waals surface area contributed by atoms with Crippen LogP contribution in [0.25, 0.3) is 0 Å². The molecule has 1 atom stereocenters. The van der Waals surface area contributed by atoms with E-state index < -0.39 is 11.5 Å². The van der Waals surface area contributed by atoms with E-state index in [0.717, 1.165) is 38.8 Å². The Hall–Kier alpha value is -1.26. The van der Waals surface area contributed by atoms with E-state index in [-0.39, 0.29) is 6.03 Å². The van der Waals surface area contributed by atoms with E-state index in [9.17, 15) is 14.7 Å². The zero-order valence-corrected chi connectivity index (χ0v) is 13.5. The summed E-state index contributed by atoms with van der Waals surface area (Å²) in [5.74, 6) is -0.855. The Kier molecular flexibility index (Phi) is 4.49. The van der Waals surface area contributed by atoms with Crippen molar-refractivity contribution in [3.05, 3.63) is 0 Å². The normalized spacial score (nSPS) is 28.7. The molecule has 0 saturated carbocycles. The number of carboxylic acids is 1. The molecule has 120 valence electrons. The number of hydrogen-bond donors (Lipinski definition) is 1. The molecule has 2 aliphatic heterocycles. The predicted octanol–water partition coefficient (Wildman–Crippen LogP) is 2.95. The minimum atomic E-state index is -0.984. The maximum Gasteiger partial charge on any atom is 0.329 e. The molecule has 2 aliphatic rings. The van der Waals surface area contributed by atoms with Gasteiger partial charge in [0.15, 0.2) is 0 Å². The third-order valence-corrected chi connectivity index (χ3v) is 5.80. The van der Waals surface area contributed by atoms with Crippen LogP contribution in [0.1, 0.15) is 59.3 Å². The average molecular weight is 296 g/mol. The van der Waals surface area contributed by atoms with Crippen molar-refractivity contribution in [1.29, 1.82) is 0 Å². The Labute approximate surface area is 127 Å². The molecule has 2 fully saturated rings. The van der Waals surface area contributed by atoms with Gasteiger partial charge >= 0.3 is 12.0 Å². The monoisotopic (exact) mass is 296 g/mol. The lowest BCUT2D eigenvalue weighted by Crippen LogP contribution is -2.57. The highest BCUT2D eigenvalue weighted by Gasteiger charge is 2.50. The van der Waals surface area contributed by atoms with Crippen LogP contribution in [0.2, 0.25) is 0 Å². The second-order valence-electron chi connectivity index (χ2n) is 6.88. The molecule has 2 heterocycles. The van der Waals surface area contributed by atoms with Gasteiger partial charge in [0.25, 0.3) is 0 Å². The number of piperidine rings is 1. The third kappa shape index (κ3) is 2.74. The van der Waals surface area contributed by atoms with Crippen molar-refractivity contribution in [2.45, 2.75) is 64.8 Å². The van der Waals surface area contributed by atoms with Gasteiger partial charge in [0.05, 0.1) is 0 Å². The summed E-state index contributed by atoms with van der Waals surface area (Å²) in [6, 6.07) is -0.0742. The Balaban J connectivity index is 2.08. The summed E-state index contributed by atoms with van der Waals surface area (Å²) in [7, 11) is 0. The summed E-state index contributed by atoms with van der Waals surface area (Å²) < 4.78 is 0. The fraction of sp³-hybridized carbons (Fsp3) is 0.875. The van der Waals surface area contributed by atoms with Crippen molar-refractivity contribution < 1.29 is 14.7 Å². The fourth-order valence-electron chi connectivity index (χ4n) is 3.66. The quantitative estimate of drug-likeness (QED) is 0.871. The van der Waals surface area contributed by atoms with Gasteiger partial charge in [0.2, 0.25) is 0 Å². The summed E-state index contributed by atoms with van der Waals surface area (Å²) >= 11 is 0. The first-order chi connectivity index (χ1) is 9.88. The van der Waals surface area contributed by atoms with Crippen molar-refractivity contribution in [2.75, 3.05) is 19.6 Å². The number of aliphatic carboxylic acids is 1. The number of likely N-dealkylation sites (tertiary alicyclic amines) is 2. The van der Waals surface area contributed by atoms with Crippen LogP contribution in [0.15, 0.2) is 0 Å². The summed E-state index contributed by atoms with van der Waals surface area (Å²) in [4.78, 5) is 27.9. The summed E-state index contributed by atoms with van der Waals surface area (Å²) in [6.45, 7) is 8.41. The van der Waals surface area contributed by atoms with Gasteiger partial charge in [0.1, 0.15) is 5.54 Å². The van der Waals surface area contributed by atoms with Crippen LogP contribution in [-0.2, 0) is 4.79 Å². The number of urea groups is 1. The summed E-state index contributed by atoms with van der Waals surface area (Å²) in [5.41, 5.74) is -0.654. The first-order valence-electron chi connectivity index (χ1n) is 8.18. The minimum Gasteiger partial charge on any atom is -0.479 e. The number of carbonyl (C=O) groups is 2. The van der Waals surface area contributed by atoms with E-state index >= 15 is 0 Å². The van der Waals surface area contributed by atoms with Gasteiger partial charge in [-0.15, -0.1) is 0 Å². The summed E-state index contributed by atoms with van der Waals surface area (Å²) in [6.07, 6.45) is 4.99. The van der Waals surface area contributed by atoms with Crippen LogP contribution in [0.4, 0.5) is 4.79 Å². The van der Waals surface area contributed by atoms with Crippen LogP contribution in [0.5, 0.6) is 0 Å². The molecule has 0 radical (unpaired) electrons. The van der Waals surface area contributed by atoms with E-state index in [1.807, 2.05) is 11.8 Å². The van der Waals surface area contributed by atoms with Crippen molar-refractivity contribution in [1.82, 2.24) is 9.80 Å². The molecule has 21 heavy (non-hydrogen) atoms. The number of carboxylic acid groups (broad SMARTS) is 1. The van der Waals surface area contributed by atoms with Crippen LogP contribution in [-0.4, -0.2) is 52.1 Å². The molecular formula is C16H28N2O3. The first-order valence-corrected chi connectivity index (χ1v) is 8.18. The molecule has 0 aromatic heterocycles. The molecule has 5 heteroatoms. The molecule has 0 bridgehead atoms. The Morgan fingerprint density at radius 1 is 1.05 bits per heavy atom. The SMILES string of the molecule is CCC1(C)CCN(C(=O)N2CCCC2(CC)C(=O)O)CC1. The van der Waals surface area contributed by atoms with E-state index in [1.54, 1.807) is 4.90 Å². The molecule has 2 saturated heterocycles. The van der Waals surface area contributed by atoms with E-state index in [2.05, 4.69) is 13.8 Å². The number of rotatable bonds is 3. The van der Waals surface area contributed by atoms with Gasteiger partial charge < -0.3 is 14.9 Å². The van der Waals surface area contributed by atoms with Gasteiger partial charge in [0, 0.05) is 19.6 Å². The summed E-state index contributed by atoms with van der Waals surface area (Å²) in [5, 5.41) is 9.59. The first kappa shape index (κ1) is 16.1. The maximum absolute atomic E-state index is 12.8. The number of nitrogens with zero attached hydrogens (tertiary/aromatic N) is 2. The molecule has 2 rings (SSSR count). The third-order valence-electron chi connectivity index (χ3n) is 5.80. The lowest BCUT2D eigenvalue weighted by molar-refractivity contribution is -0.148. The molecule has 5 nitrogen and oxygen atoms in total. The highest BCUT2D eigenvalue weighted by atomic mass is 16.4. The molecule has 0 aromatic carbocycles. The fourth-order valence-corrected chi connectivity index (χ4v) is 3.66. The smallest absolute Gasteiger partial charge is 0.329 e. The van der Waals surface area contributed by atoms with Crippen LogP contribution in [0.3, 0.4) is 0 Å². The molecule has 0 spiro atoms. The largest absolute Gasteiger partial charge is 0.479 e. The maximum atomic E-state index is 12.8. The van der Waals surface area contributed by atoms with Gasteiger partial charge in [-0.3, -0.25) is 0 Å². The highest BCUT2D eigenvalue weighted by molar-refractivity contribution is 5.87. The van der Waals surface area contributed by atoms with Gasteiger partial charge in [-0.1, -0.05) is 27.2 Å².